The maximum absolute atomic E-state index is 11.3. The van der Waals surface area contributed by atoms with Gasteiger partial charge in [-0.15, -0.1) is 0 Å². The molecule has 0 aromatic rings. The highest BCUT2D eigenvalue weighted by Gasteiger charge is 2.67. The summed E-state index contributed by atoms with van der Waals surface area (Å²) in [6.45, 7) is 1.76. The Hall–Kier alpha value is -0.590. The lowest BCUT2D eigenvalue weighted by molar-refractivity contribution is -0.119. The van der Waals surface area contributed by atoms with E-state index >= 15 is 0 Å². The molecule has 3 aliphatic carbocycles. The Labute approximate surface area is 72.8 Å². The number of carbonyl (C=O) groups excluding carboxylic acids is 1. The predicted molar refractivity (Wildman–Crippen MR) is 46.6 cm³/mol. The van der Waals surface area contributed by atoms with Crippen LogP contribution in [0.15, 0.2) is 12.2 Å². The molecule has 0 aliphatic heterocycles. The van der Waals surface area contributed by atoms with Crippen LogP contribution in [0.3, 0.4) is 0 Å². The second-order valence-corrected chi connectivity index (χ2v) is 4.65. The highest BCUT2D eigenvalue weighted by atomic mass is 16.1. The van der Waals surface area contributed by atoms with Crippen LogP contribution in [0.5, 0.6) is 0 Å². The summed E-state index contributed by atoms with van der Waals surface area (Å²) >= 11 is 0. The minimum absolute atomic E-state index is 0.421. The van der Waals surface area contributed by atoms with E-state index in [-0.39, 0.29) is 0 Å². The van der Waals surface area contributed by atoms with Crippen molar-refractivity contribution in [3.8, 4) is 0 Å². The van der Waals surface area contributed by atoms with E-state index in [9.17, 15) is 4.79 Å². The van der Waals surface area contributed by atoms with Gasteiger partial charge in [0.15, 0.2) is 0 Å². The zero-order chi connectivity index (χ0) is 8.34. The third kappa shape index (κ3) is 0.562. The van der Waals surface area contributed by atoms with Gasteiger partial charge >= 0.3 is 0 Å². The van der Waals surface area contributed by atoms with Crippen molar-refractivity contribution in [2.75, 3.05) is 0 Å². The standard InChI is InChI=1S/C11H14O/c1-7(12)10-6-11(10)8-2-3-9(11)5-4-8/h2-3,8-10H,4-6H2,1H3/t8-,9+,10-,11?/m0/s1. The molecule has 3 aliphatic rings. The SMILES string of the molecule is CC(=O)[C@@H]1CC12[C@@H]1C=C[C@H]2CC1. The summed E-state index contributed by atoms with van der Waals surface area (Å²) in [6, 6.07) is 0. The van der Waals surface area contributed by atoms with E-state index < -0.39 is 0 Å². The summed E-state index contributed by atoms with van der Waals surface area (Å²) in [6.07, 6.45) is 8.58. The molecule has 1 unspecified atom stereocenters. The van der Waals surface area contributed by atoms with E-state index in [1.54, 1.807) is 6.92 Å². The van der Waals surface area contributed by atoms with Crippen LogP contribution in [0.2, 0.25) is 0 Å². The lowest BCUT2D eigenvalue weighted by atomic mass is 9.89. The Kier molecular flexibility index (Phi) is 1.05. The topological polar surface area (TPSA) is 17.1 Å². The number of Topliss-reactive ketones (excluding diaryl/α,β-unsaturated/α-hetero) is 1. The fourth-order valence-corrected chi connectivity index (χ4v) is 3.63. The normalized spacial score (nSPS) is 53.6. The molecule has 2 bridgehead atoms. The second-order valence-electron chi connectivity index (χ2n) is 4.65. The minimum Gasteiger partial charge on any atom is -0.300 e. The van der Waals surface area contributed by atoms with Crippen molar-refractivity contribution in [3.05, 3.63) is 12.2 Å². The molecule has 0 radical (unpaired) electrons. The van der Waals surface area contributed by atoms with Crippen LogP contribution in [0.4, 0.5) is 0 Å². The molecule has 0 heterocycles. The Morgan fingerprint density at radius 1 is 1.33 bits per heavy atom. The summed E-state index contributed by atoms with van der Waals surface area (Å²) in [5.74, 6) is 2.37. The van der Waals surface area contributed by atoms with E-state index in [1.807, 2.05) is 0 Å². The van der Waals surface area contributed by atoms with Gasteiger partial charge in [0.05, 0.1) is 0 Å². The maximum Gasteiger partial charge on any atom is 0.133 e. The zero-order valence-corrected chi connectivity index (χ0v) is 7.42. The van der Waals surface area contributed by atoms with Crippen molar-refractivity contribution in [3.63, 3.8) is 0 Å². The van der Waals surface area contributed by atoms with Gasteiger partial charge in [-0.05, 0) is 43.4 Å². The lowest BCUT2D eigenvalue weighted by Gasteiger charge is -2.14. The van der Waals surface area contributed by atoms with Crippen molar-refractivity contribution in [2.45, 2.75) is 26.2 Å². The Balaban J connectivity index is 1.93. The predicted octanol–water partition coefficient (Wildman–Crippen LogP) is 2.18. The van der Waals surface area contributed by atoms with Crippen LogP contribution >= 0.6 is 0 Å². The molecule has 12 heavy (non-hydrogen) atoms. The third-order valence-corrected chi connectivity index (χ3v) is 4.28. The Bertz CT molecular complexity index is 263. The van der Waals surface area contributed by atoms with Crippen molar-refractivity contribution < 1.29 is 4.79 Å². The molecule has 2 fully saturated rings. The van der Waals surface area contributed by atoms with Crippen LogP contribution in [-0.4, -0.2) is 5.78 Å². The van der Waals surface area contributed by atoms with Crippen molar-refractivity contribution >= 4 is 5.78 Å². The average Bonchev–Trinajstić information content (AvgIpc) is 2.61. The molecule has 0 amide bonds. The molecular weight excluding hydrogens is 148 g/mol. The van der Waals surface area contributed by atoms with Crippen LogP contribution in [0.1, 0.15) is 26.2 Å². The first-order chi connectivity index (χ1) is 5.75. The second kappa shape index (κ2) is 1.84. The molecular formula is C11H14O. The molecule has 1 nitrogen and oxygen atoms in total. The van der Waals surface area contributed by atoms with Gasteiger partial charge in [0.2, 0.25) is 0 Å². The highest BCUT2D eigenvalue weighted by Crippen LogP contribution is 2.72. The fraction of sp³-hybridized carbons (Fsp3) is 0.727. The lowest BCUT2D eigenvalue weighted by Crippen LogP contribution is -2.14. The fourth-order valence-electron chi connectivity index (χ4n) is 3.63. The molecule has 1 spiro atoms. The molecule has 3 rings (SSSR count). The van der Waals surface area contributed by atoms with Crippen LogP contribution in [-0.2, 0) is 4.79 Å². The van der Waals surface area contributed by atoms with Gasteiger partial charge in [-0.25, -0.2) is 0 Å². The summed E-state index contributed by atoms with van der Waals surface area (Å²) in [5.41, 5.74) is 0.450. The monoisotopic (exact) mass is 162 g/mol. The first-order valence-corrected chi connectivity index (χ1v) is 4.94. The smallest absolute Gasteiger partial charge is 0.133 e. The van der Waals surface area contributed by atoms with Gasteiger partial charge in [0, 0.05) is 5.92 Å². The van der Waals surface area contributed by atoms with Crippen molar-refractivity contribution in [2.24, 2.45) is 23.2 Å². The summed E-state index contributed by atoms with van der Waals surface area (Å²) in [4.78, 5) is 11.3. The summed E-state index contributed by atoms with van der Waals surface area (Å²) in [5, 5.41) is 0. The van der Waals surface area contributed by atoms with Gasteiger partial charge in [-0.2, -0.15) is 0 Å². The first kappa shape index (κ1) is 6.88. The van der Waals surface area contributed by atoms with Gasteiger partial charge < -0.3 is 0 Å². The van der Waals surface area contributed by atoms with E-state index in [0.29, 0.717) is 17.1 Å². The molecule has 64 valence electrons. The van der Waals surface area contributed by atoms with Crippen LogP contribution in [0.25, 0.3) is 0 Å². The van der Waals surface area contributed by atoms with E-state index in [0.717, 1.165) is 11.8 Å². The van der Waals surface area contributed by atoms with Gasteiger partial charge in [-0.1, -0.05) is 12.2 Å². The van der Waals surface area contributed by atoms with Gasteiger partial charge in [-0.3, -0.25) is 4.79 Å². The largest absolute Gasteiger partial charge is 0.300 e. The van der Waals surface area contributed by atoms with Gasteiger partial charge in [0.25, 0.3) is 0 Å². The number of rotatable bonds is 1. The molecule has 0 aromatic heterocycles. The quantitative estimate of drug-likeness (QED) is 0.540. The zero-order valence-electron chi connectivity index (χ0n) is 7.42. The molecule has 1 heteroatoms. The first-order valence-electron chi connectivity index (χ1n) is 4.94. The molecule has 0 aromatic carbocycles. The van der Waals surface area contributed by atoms with E-state index in [1.165, 1.54) is 19.3 Å². The van der Waals surface area contributed by atoms with Crippen LogP contribution in [0, 0.1) is 23.2 Å². The van der Waals surface area contributed by atoms with Crippen molar-refractivity contribution in [1.29, 1.82) is 0 Å². The number of ketones is 1. The Morgan fingerprint density at radius 2 is 1.92 bits per heavy atom. The number of hydrogen-bond donors (Lipinski definition) is 0. The molecule has 2 saturated carbocycles. The molecule has 4 atom stereocenters. The third-order valence-electron chi connectivity index (χ3n) is 4.28. The average molecular weight is 162 g/mol. The highest BCUT2D eigenvalue weighted by molar-refractivity contribution is 5.83. The summed E-state index contributed by atoms with van der Waals surface area (Å²) in [7, 11) is 0. The van der Waals surface area contributed by atoms with E-state index in [2.05, 4.69) is 12.2 Å². The Morgan fingerprint density at radius 3 is 2.25 bits per heavy atom. The maximum atomic E-state index is 11.3. The molecule has 0 saturated heterocycles. The number of allylic oxidation sites excluding steroid dienone is 2. The number of hydrogen-bond acceptors (Lipinski definition) is 1. The summed E-state index contributed by atoms with van der Waals surface area (Å²) < 4.78 is 0. The van der Waals surface area contributed by atoms with Gasteiger partial charge in [0.1, 0.15) is 5.78 Å². The van der Waals surface area contributed by atoms with Crippen LogP contribution < -0.4 is 0 Å². The van der Waals surface area contributed by atoms with Crippen molar-refractivity contribution in [1.82, 2.24) is 0 Å². The minimum atomic E-state index is 0.421. The number of carbonyl (C=O) groups is 1. The van der Waals surface area contributed by atoms with E-state index in [4.69, 9.17) is 0 Å². The molecule has 0 N–H and O–H groups in total.